The summed E-state index contributed by atoms with van der Waals surface area (Å²) in [6.07, 6.45) is 2.60. The molecule has 0 aliphatic rings. The average Bonchev–Trinajstić information content (AvgIpc) is 1.65. The van der Waals surface area contributed by atoms with Gasteiger partial charge in [0.2, 0.25) is 5.97 Å². The Hall–Kier alpha value is -0.920. The predicted molar refractivity (Wildman–Crippen MR) is 32.8 cm³/mol. The second-order valence-electron chi connectivity index (χ2n) is 1.44. The van der Waals surface area contributed by atoms with Gasteiger partial charge in [0, 0.05) is 0 Å². The number of halogens is 1. The highest BCUT2D eigenvalue weighted by molar-refractivity contribution is 5.84. The molecule has 0 fully saturated rings. The van der Waals surface area contributed by atoms with Crippen molar-refractivity contribution in [1.82, 2.24) is 0 Å². The normalized spacial score (nSPS) is 11.0. The summed E-state index contributed by atoms with van der Waals surface area (Å²) < 4.78 is 11.6. The van der Waals surface area contributed by atoms with E-state index in [4.69, 9.17) is 5.41 Å². The molecule has 0 aromatic rings. The molecular formula is C6H8FN. The maximum atomic E-state index is 11.6. The van der Waals surface area contributed by atoms with E-state index in [1.807, 2.05) is 0 Å². The van der Waals surface area contributed by atoms with Crippen LogP contribution in [0.3, 0.4) is 0 Å². The van der Waals surface area contributed by atoms with Crippen molar-refractivity contribution in [3.8, 4) is 0 Å². The molecule has 0 unspecified atom stereocenters. The summed E-state index contributed by atoms with van der Waals surface area (Å²) in [6.45, 7) is 5.06. The fraction of sp³-hybridized carbons (Fsp3) is 0.167. The Morgan fingerprint density at radius 1 is 1.75 bits per heavy atom. The summed E-state index contributed by atoms with van der Waals surface area (Å²) in [5.74, 6) is -0.928. The van der Waals surface area contributed by atoms with E-state index in [2.05, 4.69) is 6.58 Å². The Morgan fingerprint density at radius 2 is 2.25 bits per heavy atom. The summed E-state index contributed by atoms with van der Waals surface area (Å²) in [5, 5.41) is 6.34. The zero-order chi connectivity index (χ0) is 6.57. The van der Waals surface area contributed by atoms with E-state index in [0.29, 0.717) is 5.57 Å². The van der Waals surface area contributed by atoms with E-state index in [9.17, 15) is 4.39 Å². The second-order valence-corrected chi connectivity index (χ2v) is 1.44. The van der Waals surface area contributed by atoms with Gasteiger partial charge in [0.05, 0.1) is 0 Å². The molecule has 1 N–H and O–H groups in total. The zero-order valence-corrected chi connectivity index (χ0v) is 4.74. The molecule has 0 aromatic carbocycles. The number of nitrogens with one attached hydrogen (secondary N) is 1. The van der Waals surface area contributed by atoms with Crippen molar-refractivity contribution >= 4 is 5.97 Å². The number of hydrogen-bond donors (Lipinski definition) is 1. The van der Waals surface area contributed by atoms with Crippen LogP contribution in [0.1, 0.15) is 6.92 Å². The molecule has 0 rings (SSSR count). The van der Waals surface area contributed by atoms with E-state index in [1.165, 1.54) is 6.08 Å². The van der Waals surface area contributed by atoms with Crippen LogP contribution < -0.4 is 0 Å². The third-order valence-electron chi connectivity index (χ3n) is 0.676. The molecule has 0 heterocycles. The first-order valence-electron chi connectivity index (χ1n) is 2.21. The van der Waals surface area contributed by atoms with Gasteiger partial charge in [0.15, 0.2) is 0 Å². The van der Waals surface area contributed by atoms with Crippen LogP contribution in [-0.2, 0) is 0 Å². The third-order valence-corrected chi connectivity index (χ3v) is 0.676. The van der Waals surface area contributed by atoms with Crippen molar-refractivity contribution in [2.24, 2.45) is 0 Å². The molecule has 0 aliphatic heterocycles. The van der Waals surface area contributed by atoms with Crippen molar-refractivity contribution in [2.45, 2.75) is 6.92 Å². The summed E-state index contributed by atoms with van der Waals surface area (Å²) >= 11 is 0. The van der Waals surface area contributed by atoms with E-state index in [1.54, 1.807) is 6.92 Å². The van der Waals surface area contributed by atoms with Crippen LogP contribution >= 0.6 is 0 Å². The molecule has 2 heteroatoms. The van der Waals surface area contributed by atoms with Crippen molar-refractivity contribution in [3.05, 3.63) is 24.3 Å². The van der Waals surface area contributed by atoms with E-state index < -0.39 is 5.97 Å². The van der Waals surface area contributed by atoms with Crippen LogP contribution in [0.15, 0.2) is 24.3 Å². The number of rotatable bonds is 2. The number of allylic oxidation sites excluding steroid dienone is 3. The molecule has 44 valence electrons. The van der Waals surface area contributed by atoms with Crippen LogP contribution in [0.4, 0.5) is 4.39 Å². The van der Waals surface area contributed by atoms with Gasteiger partial charge in [0.25, 0.3) is 0 Å². The lowest BCUT2D eigenvalue weighted by Crippen LogP contribution is -1.77. The van der Waals surface area contributed by atoms with E-state index in [0.717, 1.165) is 6.08 Å². The minimum atomic E-state index is -0.928. The predicted octanol–water partition coefficient (Wildman–Crippen LogP) is 2.07. The summed E-state index contributed by atoms with van der Waals surface area (Å²) in [4.78, 5) is 0. The summed E-state index contributed by atoms with van der Waals surface area (Å²) in [7, 11) is 0. The molecule has 0 radical (unpaired) electrons. The molecule has 0 saturated carbocycles. The maximum Gasteiger partial charge on any atom is 0.205 e. The van der Waals surface area contributed by atoms with Crippen LogP contribution in [0.25, 0.3) is 0 Å². The second kappa shape index (κ2) is 3.13. The summed E-state index contributed by atoms with van der Waals surface area (Å²) in [6, 6.07) is 0. The largest absolute Gasteiger partial charge is 0.274 e. The summed E-state index contributed by atoms with van der Waals surface area (Å²) in [5.41, 5.74) is 0.664. The van der Waals surface area contributed by atoms with Crippen LogP contribution in [0.2, 0.25) is 0 Å². The first-order valence-corrected chi connectivity index (χ1v) is 2.21. The Balaban J connectivity index is 3.94. The fourth-order valence-corrected chi connectivity index (χ4v) is 0.259. The molecule has 0 atom stereocenters. The minimum Gasteiger partial charge on any atom is -0.274 e. The van der Waals surface area contributed by atoms with Crippen LogP contribution in [0.5, 0.6) is 0 Å². The van der Waals surface area contributed by atoms with Gasteiger partial charge in [-0.05, 0) is 18.6 Å². The topological polar surface area (TPSA) is 23.9 Å². The number of hydrogen-bond acceptors (Lipinski definition) is 1. The molecule has 0 spiro atoms. The smallest absolute Gasteiger partial charge is 0.205 e. The standard InChI is InChI=1S/C6H8FN/c1-3-5(2)4-6(7)8/h3-4,8H,1H2,2H3/b5-4-,8-6?. The first-order chi connectivity index (χ1) is 3.66. The highest BCUT2D eigenvalue weighted by Gasteiger charge is 1.83. The van der Waals surface area contributed by atoms with Gasteiger partial charge in [0.1, 0.15) is 0 Å². The average molecular weight is 113 g/mol. The van der Waals surface area contributed by atoms with Gasteiger partial charge in [-0.15, -0.1) is 0 Å². The molecule has 0 saturated heterocycles. The van der Waals surface area contributed by atoms with Crippen molar-refractivity contribution < 1.29 is 4.39 Å². The van der Waals surface area contributed by atoms with Crippen LogP contribution in [-0.4, -0.2) is 5.97 Å². The van der Waals surface area contributed by atoms with Gasteiger partial charge in [-0.2, -0.15) is 4.39 Å². The Kier molecular flexibility index (Phi) is 2.77. The zero-order valence-electron chi connectivity index (χ0n) is 4.74. The lowest BCUT2D eigenvalue weighted by atomic mass is 10.3. The minimum absolute atomic E-state index is 0.664. The molecule has 0 amide bonds. The molecule has 1 nitrogen and oxygen atoms in total. The highest BCUT2D eigenvalue weighted by atomic mass is 19.1. The van der Waals surface area contributed by atoms with Crippen molar-refractivity contribution in [3.63, 3.8) is 0 Å². The maximum absolute atomic E-state index is 11.6. The molecule has 0 bridgehead atoms. The third kappa shape index (κ3) is 3.28. The van der Waals surface area contributed by atoms with Gasteiger partial charge < -0.3 is 0 Å². The lowest BCUT2D eigenvalue weighted by Gasteiger charge is -1.83. The van der Waals surface area contributed by atoms with Crippen LogP contribution in [0, 0.1) is 5.41 Å². The molecule has 0 aromatic heterocycles. The van der Waals surface area contributed by atoms with Gasteiger partial charge in [-0.3, -0.25) is 5.41 Å². The molecule has 8 heavy (non-hydrogen) atoms. The molecular weight excluding hydrogens is 105 g/mol. The first kappa shape index (κ1) is 7.08. The molecule has 0 aliphatic carbocycles. The highest BCUT2D eigenvalue weighted by Crippen LogP contribution is 1.92. The van der Waals surface area contributed by atoms with Crippen molar-refractivity contribution in [2.75, 3.05) is 0 Å². The van der Waals surface area contributed by atoms with E-state index in [-0.39, 0.29) is 0 Å². The fourth-order valence-electron chi connectivity index (χ4n) is 0.259. The Bertz CT molecular complexity index is 135. The Morgan fingerprint density at radius 3 is 2.38 bits per heavy atom. The van der Waals surface area contributed by atoms with E-state index >= 15 is 0 Å². The van der Waals surface area contributed by atoms with Gasteiger partial charge in [-0.1, -0.05) is 12.7 Å². The quantitative estimate of drug-likeness (QED) is 0.418. The Labute approximate surface area is 48.0 Å². The lowest BCUT2D eigenvalue weighted by molar-refractivity contribution is 0.803. The van der Waals surface area contributed by atoms with Crippen molar-refractivity contribution in [1.29, 1.82) is 5.41 Å². The monoisotopic (exact) mass is 113 g/mol. The SMILES string of the molecule is C=C/C(C)=C\C(=N)F. The van der Waals surface area contributed by atoms with Gasteiger partial charge in [-0.25, -0.2) is 0 Å². The van der Waals surface area contributed by atoms with Gasteiger partial charge >= 0.3 is 0 Å².